The molecular formula is C16H25N5O2. The highest BCUT2D eigenvalue weighted by Gasteiger charge is 2.22. The van der Waals surface area contributed by atoms with Crippen LogP contribution >= 0.6 is 0 Å². The Hall–Kier alpha value is -1.99. The minimum Gasteiger partial charge on any atom is -0.346 e. The summed E-state index contributed by atoms with van der Waals surface area (Å²) in [4.78, 5) is 30.3. The number of aromatic nitrogens is 1. The van der Waals surface area contributed by atoms with E-state index in [1.165, 1.54) is 0 Å². The third-order valence-corrected chi connectivity index (χ3v) is 3.79. The van der Waals surface area contributed by atoms with E-state index in [0.29, 0.717) is 13.1 Å². The average molecular weight is 319 g/mol. The summed E-state index contributed by atoms with van der Waals surface area (Å²) in [7, 11) is 0. The minimum atomic E-state index is -0.276. The van der Waals surface area contributed by atoms with E-state index in [-0.39, 0.29) is 30.4 Å². The second-order valence-electron chi connectivity index (χ2n) is 5.91. The van der Waals surface area contributed by atoms with E-state index in [9.17, 15) is 9.59 Å². The topological polar surface area (TPSA) is 86.4 Å². The fraction of sp³-hybridized carbons (Fsp3) is 0.562. The first kappa shape index (κ1) is 17.4. The van der Waals surface area contributed by atoms with Crippen LogP contribution in [0.2, 0.25) is 0 Å². The van der Waals surface area contributed by atoms with E-state index < -0.39 is 0 Å². The Bertz CT molecular complexity index is 514. The van der Waals surface area contributed by atoms with Crippen molar-refractivity contribution in [2.75, 3.05) is 26.2 Å². The van der Waals surface area contributed by atoms with Crippen molar-refractivity contribution in [3.05, 3.63) is 30.1 Å². The van der Waals surface area contributed by atoms with Gasteiger partial charge in [0.25, 0.3) is 0 Å². The largest absolute Gasteiger partial charge is 0.346 e. The third kappa shape index (κ3) is 5.30. The molecule has 1 aromatic rings. The molecule has 23 heavy (non-hydrogen) atoms. The molecule has 7 nitrogen and oxygen atoms in total. The van der Waals surface area contributed by atoms with Gasteiger partial charge in [-0.05, 0) is 25.5 Å². The molecule has 0 aromatic carbocycles. The highest BCUT2D eigenvalue weighted by Crippen LogP contribution is 2.07. The van der Waals surface area contributed by atoms with Crippen molar-refractivity contribution in [3.8, 4) is 0 Å². The molecule has 1 unspecified atom stereocenters. The Morgan fingerprint density at radius 2 is 2.26 bits per heavy atom. The zero-order chi connectivity index (χ0) is 16.7. The molecule has 2 heterocycles. The van der Waals surface area contributed by atoms with Crippen LogP contribution in [0.1, 0.15) is 19.4 Å². The summed E-state index contributed by atoms with van der Waals surface area (Å²) in [6.07, 6.45) is 3.45. The molecule has 1 fully saturated rings. The maximum atomic E-state index is 12.4. The normalized spacial score (nSPS) is 17.8. The maximum absolute atomic E-state index is 12.4. The Labute approximate surface area is 136 Å². The van der Waals surface area contributed by atoms with Crippen LogP contribution in [-0.4, -0.2) is 60.0 Å². The lowest BCUT2D eigenvalue weighted by Crippen LogP contribution is -2.56. The zero-order valence-corrected chi connectivity index (χ0v) is 13.7. The highest BCUT2D eigenvalue weighted by molar-refractivity contribution is 5.87. The molecule has 1 aliphatic heterocycles. The molecule has 126 valence electrons. The van der Waals surface area contributed by atoms with Crippen molar-refractivity contribution in [2.24, 2.45) is 0 Å². The van der Waals surface area contributed by atoms with Gasteiger partial charge in [0.15, 0.2) is 0 Å². The van der Waals surface area contributed by atoms with Gasteiger partial charge in [-0.2, -0.15) is 0 Å². The van der Waals surface area contributed by atoms with Crippen LogP contribution in [0.15, 0.2) is 24.5 Å². The molecule has 7 heteroatoms. The lowest BCUT2D eigenvalue weighted by Gasteiger charge is -2.28. The van der Waals surface area contributed by atoms with Crippen LogP contribution < -0.4 is 16.0 Å². The van der Waals surface area contributed by atoms with Crippen LogP contribution in [0.25, 0.3) is 0 Å². The Balaban J connectivity index is 1.86. The van der Waals surface area contributed by atoms with Gasteiger partial charge in [0.05, 0.1) is 12.6 Å². The predicted molar refractivity (Wildman–Crippen MR) is 87.6 cm³/mol. The lowest BCUT2D eigenvalue weighted by molar-refractivity contribution is -0.135. The zero-order valence-electron chi connectivity index (χ0n) is 13.7. The summed E-state index contributed by atoms with van der Waals surface area (Å²) in [5, 5.41) is 9.00. The fourth-order valence-electron chi connectivity index (χ4n) is 2.47. The maximum Gasteiger partial charge on any atom is 0.242 e. The molecule has 0 aliphatic carbocycles. The van der Waals surface area contributed by atoms with E-state index in [4.69, 9.17) is 0 Å². The Morgan fingerprint density at radius 3 is 2.87 bits per heavy atom. The number of pyridine rings is 1. The molecule has 1 saturated heterocycles. The van der Waals surface area contributed by atoms with E-state index in [2.05, 4.69) is 20.9 Å². The molecule has 1 atom stereocenters. The number of piperazine rings is 1. The second kappa shape index (κ2) is 8.59. The molecule has 0 radical (unpaired) electrons. The SMILES string of the molecule is CC(C)N(Cc1cccnc1)C(=O)CNC(=O)C1CNCCN1. The molecule has 2 amide bonds. The van der Waals surface area contributed by atoms with E-state index in [1.54, 1.807) is 17.3 Å². The average Bonchev–Trinajstić information content (AvgIpc) is 2.58. The number of nitrogens with zero attached hydrogens (tertiary/aromatic N) is 2. The number of rotatable bonds is 6. The van der Waals surface area contributed by atoms with Crippen molar-refractivity contribution < 1.29 is 9.59 Å². The van der Waals surface area contributed by atoms with Gasteiger partial charge >= 0.3 is 0 Å². The first-order chi connectivity index (χ1) is 11.1. The Morgan fingerprint density at radius 1 is 1.43 bits per heavy atom. The van der Waals surface area contributed by atoms with Gasteiger partial charge in [-0.1, -0.05) is 6.07 Å². The van der Waals surface area contributed by atoms with E-state index in [0.717, 1.165) is 18.7 Å². The first-order valence-electron chi connectivity index (χ1n) is 7.98. The van der Waals surface area contributed by atoms with E-state index >= 15 is 0 Å². The van der Waals surface area contributed by atoms with Gasteiger partial charge in [0.1, 0.15) is 0 Å². The molecule has 0 spiro atoms. The summed E-state index contributed by atoms with van der Waals surface area (Å²) in [5.41, 5.74) is 0.971. The van der Waals surface area contributed by atoms with Crippen LogP contribution in [0.5, 0.6) is 0 Å². The summed E-state index contributed by atoms with van der Waals surface area (Å²) in [6.45, 7) is 6.62. The van der Waals surface area contributed by atoms with Gasteiger partial charge in [-0.3, -0.25) is 14.6 Å². The predicted octanol–water partition coefficient (Wildman–Crippen LogP) is -0.504. The summed E-state index contributed by atoms with van der Waals surface area (Å²) in [5.74, 6) is -0.239. The van der Waals surface area contributed by atoms with Crippen molar-refractivity contribution in [1.29, 1.82) is 0 Å². The quantitative estimate of drug-likeness (QED) is 0.658. The van der Waals surface area contributed by atoms with Gasteiger partial charge in [0.2, 0.25) is 11.8 Å². The summed E-state index contributed by atoms with van der Waals surface area (Å²) in [6, 6.07) is 3.56. The van der Waals surface area contributed by atoms with E-state index in [1.807, 2.05) is 26.0 Å². The molecule has 2 rings (SSSR count). The van der Waals surface area contributed by atoms with Crippen LogP contribution in [0, 0.1) is 0 Å². The number of hydrogen-bond donors (Lipinski definition) is 3. The number of amides is 2. The standard InChI is InChI=1S/C16H25N5O2/c1-12(2)21(11-13-4-3-5-17-8-13)15(22)10-20-16(23)14-9-18-6-7-19-14/h3-5,8,12,14,18-19H,6-7,9-11H2,1-2H3,(H,20,23). The lowest BCUT2D eigenvalue weighted by atomic mass is 10.2. The molecular weight excluding hydrogens is 294 g/mol. The third-order valence-electron chi connectivity index (χ3n) is 3.79. The first-order valence-corrected chi connectivity index (χ1v) is 7.98. The van der Waals surface area contributed by atoms with Crippen LogP contribution in [-0.2, 0) is 16.1 Å². The van der Waals surface area contributed by atoms with Gasteiger partial charge in [0, 0.05) is 44.6 Å². The van der Waals surface area contributed by atoms with Gasteiger partial charge in [-0.15, -0.1) is 0 Å². The summed E-state index contributed by atoms with van der Waals surface area (Å²) < 4.78 is 0. The minimum absolute atomic E-state index is 0.00938. The number of hydrogen-bond acceptors (Lipinski definition) is 5. The second-order valence-corrected chi connectivity index (χ2v) is 5.91. The number of carbonyl (C=O) groups is 2. The monoisotopic (exact) mass is 319 g/mol. The number of nitrogens with one attached hydrogen (secondary N) is 3. The Kier molecular flexibility index (Phi) is 6.49. The molecule has 0 bridgehead atoms. The highest BCUT2D eigenvalue weighted by atomic mass is 16.2. The van der Waals surface area contributed by atoms with Gasteiger partial charge in [-0.25, -0.2) is 0 Å². The van der Waals surface area contributed by atoms with Crippen molar-refractivity contribution in [2.45, 2.75) is 32.5 Å². The summed E-state index contributed by atoms with van der Waals surface area (Å²) >= 11 is 0. The van der Waals surface area contributed by atoms with Crippen molar-refractivity contribution in [1.82, 2.24) is 25.8 Å². The number of carbonyl (C=O) groups excluding carboxylic acids is 2. The molecule has 1 aromatic heterocycles. The van der Waals surface area contributed by atoms with Crippen LogP contribution in [0.3, 0.4) is 0 Å². The van der Waals surface area contributed by atoms with Gasteiger partial charge < -0.3 is 20.9 Å². The van der Waals surface area contributed by atoms with Crippen molar-refractivity contribution >= 4 is 11.8 Å². The smallest absolute Gasteiger partial charge is 0.242 e. The molecule has 0 saturated carbocycles. The van der Waals surface area contributed by atoms with Crippen molar-refractivity contribution in [3.63, 3.8) is 0 Å². The molecule has 1 aliphatic rings. The molecule has 3 N–H and O–H groups in total. The fourth-order valence-corrected chi connectivity index (χ4v) is 2.47. The van der Waals surface area contributed by atoms with Crippen LogP contribution in [0.4, 0.5) is 0 Å².